The van der Waals surface area contributed by atoms with Crippen molar-refractivity contribution in [3.05, 3.63) is 81.0 Å². The zero-order valence-corrected chi connectivity index (χ0v) is 18.0. The van der Waals surface area contributed by atoms with Gasteiger partial charge in [0, 0.05) is 15.1 Å². The second kappa shape index (κ2) is 7.93. The van der Waals surface area contributed by atoms with Crippen molar-refractivity contribution in [2.45, 2.75) is 6.92 Å². The van der Waals surface area contributed by atoms with Crippen LogP contribution in [0.2, 0.25) is 5.02 Å². The molecule has 150 valence electrons. The predicted molar refractivity (Wildman–Crippen MR) is 117 cm³/mol. The average Bonchev–Trinajstić information content (AvgIpc) is 3.15. The van der Waals surface area contributed by atoms with Crippen molar-refractivity contribution in [1.29, 1.82) is 0 Å². The van der Waals surface area contributed by atoms with E-state index in [4.69, 9.17) is 16.0 Å². The van der Waals surface area contributed by atoms with Gasteiger partial charge in [0.1, 0.15) is 17.1 Å². The number of rotatable bonds is 3. The van der Waals surface area contributed by atoms with Crippen LogP contribution in [0.4, 0.5) is 10.5 Å². The van der Waals surface area contributed by atoms with E-state index in [1.54, 1.807) is 24.3 Å². The molecule has 2 heterocycles. The lowest BCUT2D eigenvalue weighted by Gasteiger charge is -2.26. The molecule has 1 aliphatic rings. The minimum absolute atomic E-state index is 0.214. The molecule has 0 spiro atoms. The van der Waals surface area contributed by atoms with E-state index in [1.807, 2.05) is 25.1 Å². The Hall–Kier alpha value is -3.16. The first-order valence-electron chi connectivity index (χ1n) is 8.87. The van der Waals surface area contributed by atoms with Gasteiger partial charge in [-0.2, -0.15) is 0 Å². The maximum Gasteiger partial charge on any atom is 0.335 e. The molecule has 1 fully saturated rings. The predicted octanol–water partition coefficient (Wildman–Crippen LogP) is 5.34. The lowest BCUT2D eigenvalue weighted by Crippen LogP contribution is -2.54. The quantitative estimate of drug-likeness (QED) is 0.401. The van der Waals surface area contributed by atoms with Crippen LogP contribution >= 0.6 is 27.5 Å². The van der Waals surface area contributed by atoms with E-state index in [2.05, 4.69) is 21.2 Å². The Bertz CT molecular complexity index is 1210. The van der Waals surface area contributed by atoms with Crippen LogP contribution in [0.3, 0.4) is 0 Å². The van der Waals surface area contributed by atoms with Crippen LogP contribution in [0.15, 0.2) is 69.1 Å². The molecule has 2 aromatic carbocycles. The summed E-state index contributed by atoms with van der Waals surface area (Å²) in [6.07, 6.45) is 1.32. The highest BCUT2D eigenvalue weighted by Crippen LogP contribution is 2.31. The third-order valence-electron chi connectivity index (χ3n) is 4.49. The van der Waals surface area contributed by atoms with Crippen LogP contribution in [0.1, 0.15) is 11.3 Å². The zero-order valence-electron chi connectivity index (χ0n) is 15.6. The van der Waals surface area contributed by atoms with Gasteiger partial charge in [-0.1, -0.05) is 33.6 Å². The maximum absolute atomic E-state index is 12.9. The van der Waals surface area contributed by atoms with Gasteiger partial charge in [0.15, 0.2) is 0 Å². The van der Waals surface area contributed by atoms with Gasteiger partial charge in [-0.3, -0.25) is 14.9 Å². The molecule has 1 N–H and O–H groups in total. The molecule has 8 heteroatoms. The van der Waals surface area contributed by atoms with E-state index in [0.29, 0.717) is 22.2 Å². The standard InChI is InChI=1S/C22H14BrClN2O4/c1-12-2-8-16(18(23)10-12)19-9-7-15(30-19)11-17-20(27)25-22(29)26(21(17)28)14-5-3-13(24)4-6-14/h2-11H,1H3,(H,25,27,29)/b17-11-. The van der Waals surface area contributed by atoms with Gasteiger partial charge in [0.2, 0.25) is 0 Å². The summed E-state index contributed by atoms with van der Waals surface area (Å²) in [5, 5.41) is 2.63. The summed E-state index contributed by atoms with van der Waals surface area (Å²) in [5.74, 6) is -0.658. The van der Waals surface area contributed by atoms with Crippen molar-refractivity contribution < 1.29 is 18.8 Å². The number of hydrogen-bond acceptors (Lipinski definition) is 4. The van der Waals surface area contributed by atoms with E-state index in [1.165, 1.54) is 18.2 Å². The number of halogens is 2. The largest absolute Gasteiger partial charge is 0.457 e. The van der Waals surface area contributed by atoms with Gasteiger partial charge in [0.05, 0.1) is 5.69 Å². The fourth-order valence-corrected chi connectivity index (χ4v) is 3.83. The van der Waals surface area contributed by atoms with E-state index >= 15 is 0 Å². The number of anilines is 1. The minimum atomic E-state index is -0.826. The summed E-state index contributed by atoms with van der Waals surface area (Å²) in [6.45, 7) is 1.98. The molecule has 30 heavy (non-hydrogen) atoms. The number of carbonyl (C=O) groups excluding carboxylic acids is 3. The van der Waals surface area contributed by atoms with Gasteiger partial charge in [0.25, 0.3) is 11.8 Å². The van der Waals surface area contributed by atoms with Crippen molar-refractivity contribution in [2.75, 3.05) is 4.90 Å². The number of aryl methyl sites for hydroxylation is 1. The molecule has 1 aromatic heterocycles. The SMILES string of the molecule is Cc1ccc(-c2ccc(/C=C3/C(=O)NC(=O)N(c4ccc(Cl)cc4)C3=O)o2)c(Br)c1. The molecule has 4 rings (SSSR count). The Balaban J connectivity index is 1.68. The molecule has 0 unspecified atom stereocenters. The average molecular weight is 486 g/mol. The normalized spacial score (nSPS) is 15.6. The first-order chi connectivity index (χ1) is 14.3. The van der Waals surface area contributed by atoms with Gasteiger partial charge in [-0.25, -0.2) is 9.69 Å². The molecule has 0 atom stereocenters. The van der Waals surface area contributed by atoms with E-state index in [9.17, 15) is 14.4 Å². The first kappa shape index (κ1) is 20.1. The molecular formula is C22H14BrClN2O4. The Morgan fingerprint density at radius 3 is 2.47 bits per heavy atom. The summed E-state index contributed by atoms with van der Waals surface area (Å²) in [4.78, 5) is 38.3. The van der Waals surface area contributed by atoms with Crippen LogP contribution < -0.4 is 10.2 Å². The van der Waals surface area contributed by atoms with Crippen LogP contribution in [0, 0.1) is 6.92 Å². The highest BCUT2D eigenvalue weighted by Gasteiger charge is 2.37. The van der Waals surface area contributed by atoms with Crippen molar-refractivity contribution in [1.82, 2.24) is 5.32 Å². The van der Waals surface area contributed by atoms with Crippen LogP contribution in [-0.4, -0.2) is 17.8 Å². The fourth-order valence-electron chi connectivity index (χ4n) is 3.02. The fraction of sp³-hybridized carbons (Fsp3) is 0.0455. The summed E-state index contributed by atoms with van der Waals surface area (Å²) in [5.41, 5.74) is 2.01. The highest BCUT2D eigenvalue weighted by molar-refractivity contribution is 9.10. The van der Waals surface area contributed by atoms with Crippen LogP contribution in [-0.2, 0) is 9.59 Å². The molecule has 0 saturated carbocycles. The smallest absolute Gasteiger partial charge is 0.335 e. The second-order valence-electron chi connectivity index (χ2n) is 6.62. The Morgan fingerprint density at radius 1 is 1.03 bits per heavy atom. The number of imide groups is 2. The second-order valence-corrected chi connectivity index (χ2v) is 7.91. The summed E-state index contributed by atoms with van der Waals surface area (Å²) >= 11 is 9.38. The molecule has 1 saturated heterocycles. The molecule has 4 amide bonds. The van der Waals surface area contributed by atoms with E-state index in [-0.39, 0.29) is 5.57 Å². The number of amides is 4. The molecular weight excluding hydrogens is 472 g/mol. The molecule has 0 radical (unpaired) electrons. The summed E-state index contributed by atoms with van der Waals surface area (Å²) < 4.78 is 6.68. The molecule has 6 nitrogen and oxygen atoms in total. The van der Waals surface area contributed by atoms with E-state index in [0.717, 1.165) is 20.5 Å². The monoisotopic (exact) mass is 484 g/mol. The summed E-state index contributed by atoms with van der Waals surface area (Å²) in [7, 11) is 0. The molecule has 3 aromatic rings. The number of nitrogens with zero attached hydrogens (tertiary/aromatic N) is 1. The summed E-state index contributed by atoms with van der Waals surface area (Å²) in [6, 6.07) is 14.5. The number of carbonyl (C=O) groups is 3. The molecule has 1 aliphatic heterocycles. The van der Waals surface area contributed by atoms with Crippen molar-refractivity contribution >= 4 is 57.1 Å². The highest BCUT2D eigenvalue weighted by atomic mass is 79.9. The Morgan fingerprint density at radius 2 is 1.77 bits per heavy atom. The Labute approximate surface area is 185 Å². The Kier molecular flexibility index (Phi) is 5.32. The van der Waals surface area contributed by atoms with Crippen molar-refractivity contribution in [2.24, 2.45) is 0 Å². The number of furan rings is 1. The van der Waals surface area contributed by atoms with Crippen LogP contribution in [0.25, 0.3) is 17.4 Å². The van der Waals surface area contributed by atoms with Crippen LogP contribution in [0.5, 0.6) is 0 Å². The van der Waals surface area contributed by atoms with Gasteiger partial charge < -0.3 is 4.42 Å². The number of barbiturate groups is 1. The molecule has 0 aliphatic carbocycles. The number of urea groups is 1. The van der Waals surface area contributed by atoms with Gasteiger partial charge in [-0.15, -0.1) is 0 Å². The zero-order chi connectivity index (χ0) is 21.4. The van der Waals surface area contributed by atoms with Gasteiger partial charge >= 0.3 is 6.03 Å². The minimum Gasteiger partial charge on any atom is -0.457 e. The van der Waals surface area contributed by atoms with Crippen molar-refractivity contribution in [3.63, 3.8) is 0 Å². The number of nitrogens with one attached hydrogen (secondary N) is 1. The third kappa shape index (κ3) is 3.81. The first-order valence-corrected chi connectivity index (χ1v) is 10.0. The third-order valence-corrected chi connectivity index (χ3v) is 5.40. The lowest BCUT2D eigenvalue weighted by atomic mass is 10.1. The number of benzene rings is 2. The lowest BCUT2D eigenvalue weighted by molar-refractivity contribution is -0.122. The molecule has 0 bridgehead atoms. The van der Waals surface area contributed by atoms with Gasteiger partial charge in [-0.05, 0) is 67.1 Å². The maximum atomic E-state index is 12.9. The topological polar surface area (TPSA) is 79.6 Å². The number of hydrogen-bond donors (Lipinski definition) is 1. The van der Waals surface area contributed by atoms with Crippen molar-refractivity contribution in [3.8, 4) is 11.3 Å². The van der Waals surface area contributed by atoms with E-state index < -0.39 is 17.8 Å².